The van der Waals surface area contributed by atoms with Crippen LogP contribution in [0.3, 0.4) is 0 Å². The van der Waals surface area contributed by atoms with E-state index in [4.69, 9.17) is 4.74 Å². The molecule has 3 fully saturated rings. The second-order valence-corrected chi connectivity index (χ2v) is 4.56. The van der Waals surface area contributed by atoms with Gasteiger partial charge in [0.1, 0.15) is 0 Å². The van der Waals surface area contributed by atoms with Gasteiger partial charge in [0.25, 0.3) is 0 Å². The molecule has 0 aromatic heterocycles. The predicted octanol–water partition coefficient (Wildman–Crippen LogP) is 1.60. The molecule has 4 rings (SSSR count). The summed E-state index contributed by atoms with van der Waals surface area (Å²) in [5.74, 6) is 3.81. The highest BCUT2D eigenvalue weighted by atomic mass is 16.6. The standard InChI is InChI=1S/C10H12O/c1-2-6-3-5(1)7-4-8-10(11-8)9(6)7/h1-2,5-10H,3-4H2/t5?,6?,7?,8-,9?,10-/m1/s1. The molecule has 1 saturated heterocycles. The monoisotopic (exact) mass is 148 g/mol. The third-order valence-corrected chi connectivity index (χ3v) is 4.19. The molecule has 0 amide bonds. The summed E-state index contributed by atoms with van der Waals surface area (Å²) in [5.41, 5.74) is 0. The van der Waals surface area contributed by atoms with Crippen LogP contribution in [0.15, 0.2) is 12.2 Å². The number of ether oxygens (including phenoxy) is 1. The number of epoxide rings is 1. The summed E-state index contributed by atoms with van der Waals surface area (Å²) in [4.78, 5) is 0. The van der Waals surface area contributed by atoms with Gasteiger partial charge in [0, 0.05) is 0 Å². The maximum absolute atomic E-state index is 5.59. The van der Waals surface area contributed by atoms with E-state index in [-0.39, 0.29) is 0 Å². The molecule has 0 aromatic carbocycles. The third kappa shape index (κ3) is 0.478. The molecule has 1 heterocycles. The Kier molecular flexibility index (Phi) is 0.695. The number of allylic oxidation sites excluding steroid dienone is 2. The van der Waals surface area contributed by atoms with Gasteiger partial charge >= 0.3 is 0 Å². The Morgan fingerprint density at radius 1 is 1.09 bits per heavy atom. The second kappa shape index (κ2) is 1.42. The molecule has 4 aliphatic rings. The molecule has 1 nitrogen and oxygen atoms in total. The van der Waals surface area contributed by atoms with Crippen LogP contribution in [-0.4, -0.2) is 12.2 Å². The summed E-state index contributed by atoms with van der Waals surface area (Å²) in [7, 11) is 0. The molecule has 11 heavy (non-hydrogen) atoms. The quantitative estimate of drug-likeness (QED) is 0.375. The van der Waals surface area contributed by atoms with Crippen LogP contribution in [0.2, 0.25) is 0 Å². The van der Waals surface area contributed by atoms with Crippen LogP contribution in [0, 0.1) is 23.7 Å². The van der Waals surface area contributed by atoms with Gasteiger partial charge < -0.3 is 4.74 Å². The molecular weight excluding hydrogens is 136 g/mol. The first-order chi connectivity index (χ1) is 5.43. The number of fused-ring (bicyclic) bond motifs is 7. The van der Waals surface area contributed by atoms with Crippen LogP contribution in [-0.2, 0) is 4.74 Å². The fraction of sp³-hybridized carbons (Fsp3) is 0.800. The molecular formula is C10H12O. The first-order valence-electron chi connectivity index (χ1n) is 4.77. The largest absolute Gasteiger partial charge is 0.369 e. The lowest BCUT2D eigenvalue weighted by atomic mass is 9.85. The van der Waals surface area contributed by atoms with Crippen molar-refractivity contribution in [1.82, 2.24) is 0 Å². The predicted molar refractivity (Wildman–Crippen MR) is 41.0 cm³/mol. The van der Waals surface area contributed by atoms with Crippen molar-refractivity contribution in [1.29, 1.82) is 0 Å². The Balaban J connectivity index is 1.81. The van der Waals surface area contributed by atoms with Gasteiger partial charge in [-0.25, -0.2) is 0 Å². The zero-order chi connectivity index (χ0) is 7.00. The SMILES string of the molecule is C1=CC2CC1C1C[C@H]3O[C@H]3C21. The van der Waals surface area contributed by atoms with Crippen LogP contribution in [0.25, 0.3) is 0 Å². The van der Waals surface area contributed by atoms with Crippen molar-refractivity contribution in [2.75, 3.05) is 0 Å². The Morgan fingerprint density at radius 3 is 2.91 bits per heavy atom. The summed E-state index contributed by atoms with van der Waals surface area (Å²) in [6.07, 6.45) is 9.10. The molecule has 2 saturated carbocycles. The van der Waals surface area contributed by atoms with E-state index in [1.807, 2.05) is 0 Å². The smallest absolute Gasteiger partial charge is 0.0878 e. The topological polar surface area (TPSA) is 12.5 Å². The van der Waals surface area contributed by atoms with Crippen molar-refractivity contribution in [3.05, 3.63) is 12.2 Å². The van der Waals surface area contributed by atoms with Gasteiger partial charge in [-0.15, -0.1) is 0 Å². The van der Waals surface area contributed by atoms with Crippen molar-refractivity contribution in [2.24, 2.45) is 23.7 Å². The fourth-order valence-electron chi connectivity index (χ4n) is 3.73. The lowest BCUT2D eigenvalue weighted by molar-refractivity contribution is 0.192. The average molecular weight is 148 g/mol. The molecule has 1 heteroatoms. The Hall–Kier alpha value is -0.300. The van der Waals surface area contributed by atoms with E-state index >= 15 is 0 Å². The molecule has 0 aromatic rings. The molecule has 0 N–H and O–H groups in total. The first-order valence-corrected chi connectivity index (χ1v) is 4.77. The summed E-state index contributed by atoms with van der Waals surface area (Å²) in [5, 5.41) is 0. The van der Waals surface area contributed by atoms with Gasteiger partial charge in [-0.2, -0.15) is 0 Å². The first kappa shape index (κ1) is 5.36. The second-order valence-electron chi connectivity index (χ2n) is 4.56. The van der Waals surface area contributed by atoms with Gasteiger partial charge in [0.05, 0.1) is 12.2 Å². The summed E-state index contributed by atoms with van der Waals surface area (Å²) in [6, 6.07) is 0. The molecule has 58 valence electrons. The van der Waals surface area contributed by atoms with Crippen molar-refractivity contribution in [2.45, 2.75) is 25.0 Å². The molecule has 6 atom stereocenters. The Bertz CT molecular complexity index is 245. The minimum atomic E-state index is 0.690. The van der Waals surface area contributed by atoms with E-state index in [1.165, 1.54) is 12.8 Å². The Labute approximate surface area is 66.4 Å². The highest BCUT2D eigenvalue weighted by molar-refractivity contribution is 5.21. The van der Waals surface area contributed by atoms with Crippen LogP contribution >= 0.6 is 0 Å². The molecule has 0 spiro atoms. The van der Waals surface area contributed by atoms with Gasteiger partial charge in [-0.1, -0.05) is 12.2 Å². The average Bonchev–Trinajstić information content (AvgIpc) is 2.53. The molecule has 0 radical (unpaired) electrons. The minimum Gasteiger partial charge on any atom is -0.369 e. The van der Waals surface area contributed by atoms with E-state index in [0.717, 1.165) is 23.7 Å². The molecule has 4 unspecified atom stereocenters. The Morgan fingerprint density at radius 2 is 2.00 bits per heavy atom. The lowest BCUT2D eigenvalue weighted by Crippen LogP contribution is -2.19. The molecule has 2 bridgehead atoms. The zero-order valence-electron chi connectivity index (χ0n) is 6.44. The van der Waals surface area contributed by atoms with Crippen LogP contribution < -0.4 is 0 Å². The number of hydrogen-bond donors (Lipinski definition) is 0. The van der Waals surface area contributed by atoms with Crippen LogP contribution in [0.5, 0.6) is 0 Å². The normalized spacial score (nSPS) is 68.4. The van der Waals surface area contributed by atoms with Gasteiger partial charge in [-0.05, 0) is 36.5 Å². The molecule has 3 aliphatic carbocycles. The van der Waals surface area contributed by atoms with E-state index < -0.39 is 0 Å². The number of rotatable bonds is 0. The van der Waals surface area contributed by atoms with Crippen molar-refractivity contribution in [3.63, 3.8) is 0 Å². The summed E-state index contributed by atoms with van der Waals surface area (Å²) < 4.78 is 5.59. The van der Waals surface area contributed by atoms with Crippen molar-refractivity contribution in [3.8, 4) is 0 Å². The highest BCUT2D eigenvalue weighted by Gasteiger charge is 2.62. The van der Waals surface area contributed by atoms with Crippen LogP contribution in [0.4, 0.5) is 0 Å². The van der Waals surface area contributed by atoms with Crippen LogP contribution in [0.1, 0.15) is 12.8 Å². The third-order valence-electron chi connectivity index (χ3n) is 4.19. The highest BCUT2D eigenvalue weighted by Crippen LogP contribution is 2.61. The fourth-order valence-corrected chi connectivity index (χ4v) is 3.73. The van der Waals surface area contributed by atoms with E-state index in [0.29, 0.717) is 12.2 Å². The summed E-state index contributed by atoms with van der Waals surface area (Å²) >= 11 is 0. The van der Waals surface area contributed by atoms with Crippen molar-refractivity contribution >= 4 is 0 Å². The number of hydrogen-bond acceptors (Lipinski definition) is 1. The van der Waals surface area contributed by atoms with E-state index in [1.54, 1.807) is 0 Å². The van der Waals surface area contributed by atoms with Gasteiger partial charge in [0.2, 0.25) is 0 Å². The van der Waals surface area contributed by atoms with Gasteiger partial charge in [-0.3, -0.25) is 0 Å². The molecule has 1 aliphatic heterocycles. The zero-order valence-corrected chi connectivity index (χ0v) is 6.44. The lowest BCUT2D eigenvalue weighted by Gasteiger charge is -2.21. The maximum atomic E-state index is 5.59. The summed E-state index contributed by atoms with van der Waals surface area (Å²) in [6.45, 7) is 0. The van der Waals surface area contributed by atoms with E-state index in [9.17, 15) is 0 Å². The minimum absolute atomic E-state index is 0.690. The van der Waals surface area contributed by atoms with Crippen molar-refractivity contribution < 1.29 is 4.74 Å². The van der Waals surface area contributed by atoms with E-state index in [2.05, 4.69) is 12.2 Å². The maximum Gasteiger partial charge on any atom is 0.0878 e. The van der Waals surface area contributed by atoms with Gasteiger partial charge in [0.15, 0.2) is 0 Å².